The number of hydrogen-bond acceptors (Lipinski definition) is 7. The van der Waals surface area contributed by atoms with Crippen molar-refractivity contribution in [2.24, 2.45) is 0 Å². The van der Waals surface area contributed by atoms with Crippen LogP contribution in [-0.2, 0) is 20.7 Å². The normalized spacial score (nSPS) is 20.0. The van der Waals surface area contributed by atoms with Crippen LogP contribution < -0.4 is 19.5 Å². The monoisotopic (exact) mass is 509 g/mol. The van der Waals surface area contributed by atoms with Crippen LogP contribution in [-0.4, -0.2) is 58.7 Å². The van der Waals surface area contributed by atoms with E-state index in [1.807, 2.05) is 0 Å². The van der Waals surface area contributed by atoms with Crippen molar-refractivity contribution in [3.05, 3.63) is 44.8 Å². The molecule has 0 bridgehead atoms. The van der Waals surface area contributed by atoms with Gasteiger partial charge in [0.25, 0.3) is 0 Å². The predicted molar refractivity (Wildman–Crippen MR) is 123 cm³/mol. The first kappa shape index (κ1) is 24.0. The van der Waals surface area contributed by atoms with E-state index in [0.717, 1.165) is 26.7 Å². The van der Waals surface area contributed by atoms with E-state index in [0.29, 0.717) is 35.8 Å². The van der Waals surface area contributed by atoms with Crippen molar-refractivity contribution in [1.29, 1.82) is 0 Å². The molecule has 8 nitrogen and oxygen atoms in total. The number of allylic oxidation sites excluding steroid dienone is 1. The van der Waals surface area contributed by atoms with E-state index in [4.69, 9.17) is 23.7 Å². The molecule has 0 saturated carbocycles. The van der Waals surface area contributed by atoms with E-state index in [2.05, 4.69) is 21.2 Å². The Balaban J connectivity index is 2.44. The Labute approximate surface area is 195 Å². The molecule has 0 fully saturated rings. The zero-order valence-corrected chi connectivity index (χ0v) is 20.6. The number of rotatable bonds is 6. The van der Waals surface area contributed by atoms with Crippen LogP contribution in [0.4, 0.5) is 0 Å². The number of nitrogens with one attached hydrogen (secondary N) is 1. The maximum atomic E-state index is 12.0. The summed E-state index contributed by atoms with van der Waals surface area (Å²) in [5.74, 6) is 1.88. The van der Waals surface area contributed by atoms with Crippen LogP contribution in [0.5, 0.6) is 17.2 Å². The molecule has 2 aliphatic carbocycles. The number of aliphatic hydroxyl groups excluding tert-OH is 1. The van der Waals surface area contributed by atoms with Gasteiger partial charge in [-0.3, -0.25) is 4.79 Å². The highest BCUT2D eigenvalue weighted by atomic mass is 79.9. The summed E-state index contributed by atoms with van der Waals surface area (Å²) in [5, 5.41) is 13.9. The lowest BCUT2D eigenvalue weighted by atomic mass is 9.91. The summed E-state index contributed by atoms with van der Waals surface area (Å²) < 4.78 is 28.8. The maximum Gasteiger partial charge on any atom is 0.217 e. The number of hydrogen-bond donors (Lipinski definition) is 2. The minimum atomic E-state index is -1.06. The number of ether oxygens (including phenoxy) is 5. The van der Waals surface area contributed by atoms with Gasteiger partial charge < -0.3 is 34.1 Å². The lowest BCUT2D eigenvalue weighted by Gasteiger charge is -2.23. The smallest absolute Gasteiger partial charge is 0.217 e. The average molecular weight is 510 g/mol. The Bertz CT molecular complexity index is 1010. The van der Waals surface area contributed by atoms with Gasteiger partial charge in [0, 0.05) is 12.5 Å². The molecule has 174 valence electrons. The van der Waals surface area contributed by atoms with Crippen molar-refractivity contribution in [3.63, 3.8) is 0 Å². The fourth-order valence-electron chi connectivity index (χ4n) is 4.29. The van der Waals surface area contributed by atoms with E-state index in [-0.39, 0.29) is 17.7 Å². The molecule has 2 N–H and O–H groups in total. The number of aliphatic hydroxyl groups is 1. The highest BCUT2D eigenvalue weighted by Gasteiger charge is 2.36. The molecule has 0 heterocycles. The predicted octanol–water partition coefficient (Wildman–Crippen LogP) is 3.11. The van der Waals surface area contributed by atoms with E-state index in [9.17, 15) is 9.90 Å². The highest BCUT2D eigenvalue weighted by Crippen LogP contribution is 2.53. The van der Waals surface area contributed by atoms with Crippen LogP contribution in [0.3, 0.4) is 0 Å². The number of benzene rings is 1. The Morgan fingerprint density at radius 1 is 1.03 bits per heavy atom. The molecule has 0 saturated heterocycles. The third kappa shape index (κ3) is 4.06. The number of methoxy groups -OCH3 is 5. The average Bonchev–Trinajstić information content (AvgIpc) is 3.00. The summed E-state index contributed by atoms with van der Waals surface area (Å²) in [4.78, 5) is 12.0. The standard InChI is InChI=1S/C23H28BrNO7/c1-11(26)25-15-8-7-12-18(21(30-4)23(32-6)22(31-5)19(12)24)14-10-17(28-2)20(29-3)16(27)9-13(14)15/h9-10,15-16,27H,7-8H2,1-6H3,(H,25,26)/t15-,16-/m0/s1. The minimum Gasteiger partial charge on any atom is -0.494 e. The van der Waals surface area contributed by atoms with Crippen molar-refractivity contribution in [2.75, 3.05) is 35.5 Å². The topological polar surface area (TPSA) is 95.5 Å². The van der Waals surface area contributed by atoms with E-state index < -0.39 is 6.10 Å². The van der Waals surface area contributed by atoms with Gasteiger partial charge in [-0.15, -0.1) is 0 Å². The fraction of sp³-hybridized carbons (Fsp3) is 0.435. The first-order valence-corrected chi connectivity index (χ1v) is 10.8. The Kier molecular flexibility index (Phi) is 7.40. The van der Waals surface area contributed by atoms with Crippen LogP contribution in [0.15, 0.2) is 33.7 Å². The Hall–Kier alpha value is -2.65. The van der Waals surface area contributed by atoms with Crippen LogP contribution in [0.1, 0.15) is 24.5 Å². The number of halogens is 1. The summed E-state index contributed by atoms with van der Waals surface area (Å²) in [7, 11) is 7.65. The summed E-state index contributed by atoms with van der Waals surface area (Å²) >= 11 is 3.68. The Morgan fingerprint density at radius 2 is 1.69 bits per heavy atom. The molecular formula is C23H28BrNO7. The zero-order chi connectivity index (χ0) is 23.6. The van der Waals surface area contributed by atoms with Gasteiger partial charge in [0.1, 0.15) is 6.10 Å². The van der Waals surface area contributed by atoms with Gasteiger partial charge in [0.15, 0.2) is 23.0 Å². The number of carbonyl (C=O) groups excluding carboxylic acids is 1. The zero-order valence-electron chi connectivity index (χ0n) is 19.0. The third-order valence-electron chi connectivity index (χ3n) is 5.60. The molecule has 0 aliphatic heterocycles. The molecule has 0 unspecified atom stereocenters. The summed E-state index contributed by atoms with van der Waals surface area (Å²) in [5.41, 5.74) is 3.13. The quantitative estimate of drug-likeness (QED) is 0.608. The second-order valence-corrected chi connectivity index (χ2v) is 8.11. The van der Waals surface area contributed by atoms with Gasteiger partial charge >= 0.3 is 0 Å². The van der Waals surface area contributed by atoms with Crippen LogP contribution in [0, 0.1) is 0 Å². The summed E-state index contributed by atoms with van der Waals surface area (Å²) in [6.07, 6.45) is 3.60. The van der Waals surface area contributed by atoms with Crippen LogP contribution in [0.25, 0.3) is 5.57 Å². The molecule has 2 aliphatic rings. The molecule has 9 heteroatoms. The molecule has 1 amide bonds. The van der Waals surface area contributed by atoms with Crippen molar-refractivity contribution in [2.45, 2.75) is 31.9 Å². The van der Waals surface area contributed by atoms with Crippen LogP contribution >= 0.6 is 15.9 Å². The lowest BCUT2D eigenvalue weighted by molar-refractivity contribution is -0.119. The van der Waals surface area contributed by atoms with E-state index in [1.165, 1.54) is 21.1 Å². The van der Waals surface area contributed by atoms with Gasteiger partial charge in [-0.05, 0) is 57.6 Å². The Morgan fingerprint density at radius 3 is 2.22 bits per heavy atom. The van der Waals surface area contributed by atoms with E-state index in [1.54, 1.807) is 33.5 Å². The number of carbonyl (C=O) groups is 1. The van der Waals surface area contributed by atoms with Gasteiger partial charge in [0.05, 0.1) is 46.1 Å². The molecule has 0 radical (unpaired) electrons. The highest BCUT2D eigenvalue weighted by molar-refractivity contribution is 9.10. The minimum absolute atomic E-state index is 0.173. The summed E-state index contributed by atoms with van der Waals surface area (Å²) in [6.45, 7) is 1.47. The van der Waals surface area contributed by atoms with Gasteiger partial charge in [0.2, 0.25) is 11.7 Å². The van der Waals surface area contributed by atoms with Crippen molar-refractivity contribution >= 4 is 27.4 Å². The first-order chi connectivity index (χ1) is 15.3. The largest absolute Gasteiger partial charge is 0.494 e. The fourth-order valence-corrected chi connectivity index (χ4v) is 5.03. The van der Waals surface area contributed by atoms with Crippen molar-refractivity contribution in [3.8, 4) is 17.2 Å². The molecule has 0 spiro atoms. The van der Waals surface area contributed by atoms with E-state index >= 15 is 0 Å². The first-order valence-electron chi connectivity index (χ1n) is 10.0. The van der Waals surface area contributed by atoms with Gasteiger partial charge in [-0.25, -0.2) is 0 Å². The third-order valence-corrected chi connectivity index (χ3v) is 6.44. The van der Waals surface area contributed by atoms with Crippen molar-refractivity contribution < 1.29 is 33.6 Å². The maximum absolute atomic E-state index is 12.0. The van der Waals surface area contributed by atoms with Gasteiger partial charge in [-0.1, -0.05) is 0 Å². The molecule has 1 aromatic carbocycles. The molecule has 0 aromatic heterocycles. The van der Waals surface area contributed by atoms with Crippen LogP contribution in [0.2, 0.25) is 0 Å². The SMILES string of the molecule is COC1=C(OC)[C@@H](O)C=C2C(=C1)c1c(c(Br)c(OC)c(OC)c1OC)CC[C@@H]2NC(C)=O. The lowest BCUT2D eigenvalue weighted by Crippen LogP contribution is -2.35. The molecule has 32 heavy (non-hydrogen) atoms. The molecule has 2 atom stereocenters. The van der Waals surface area contributed by atoms with Crippen molar-refractivity contribution in [1.82, 2.24) is 5.32 Å². The molecule has 1 aromatic rings. The number of amides is 1. The molecule has 3 rings (SSSR count). The second kappa shape index (κ2) is 9.87. The molecular weight excluding hydrogens is 482 g/mol. The second-order valence-electron chi connectivity index (χ2n) is 7.32. The summed E-state index contributed by atoms with van der Waals surface area (Å²) in [6, 6.07) is -0.358. The van der Waals surface area contributed by atoms with Gasteiger partial charge in [-0.2, -0.15) is 0 Å². The number of fused-ring (bicyclic) bond motifs is 3.